The average molecular weight is 231 g/mol. The smallest absolute Gasteiger partial charge is 0.254 e. The zero-order valence-corrected chi connectivity index (χ0v) is 9.80. The van der Waals surface area contributed by atoms with Crippen molar-refractivity contribution in [3.63, 3.8) is 0 Å². The number of likely N-dealkylation sites (tertiary alicyclic amines) is 1. The van der Waals surface area contributed by atoms with E-state index in [1.165, 1.54) is 19.3 Å². The minimum Gasteiger partial charge on any atom is -0.508 e. The van der Waals surface area contributed by atoms with Crippen LogP contribution in [0.1, 0.15) is 29.6 Å². The van der Waals surface area contributed by atoms with Gasteiger partial charge in [0.25, 0.3) is 5.91 Å². The third kappa shape index (κ3) is 1.90. The van der Waals surface area contributed by atoms with E-state index >= 15 is 0 Å². The van der Waals surface area contributed by atoms with Gasteiger partial charge in [-0.3, -0.25) is 4.79 Å². The molecule has 1 amide bonds. The van der Waals surface area contributed by atoms with Crippen LogP contribution in [0.15, 0.2) is 24.3 Å². The molecule has 0 aromatic heterocycles. The Bertz CT molecular complexity index is 432. The summed E-state index contributed by atoms with van der Waals surface area (Å²) in [4.78, 5) is 14.2. The summed E-state index contributed by atoms with van der Waals surface area (Å²) in [7, 11) is 0. The molecule has 3 nitrogen and oxygen atoms in total. The summed E-state index contributed by atoms with van der Waals surface area (Å²) in [5, 5.41) is 9.40. The van der Waals surface area contributed by atoms with Crippen LogP contribution < -0.4 is 0 Å². The molecule has 2 aliphatic rings. The fourth-order valence-corrected chi connectivity index (χ4v) is 3.22. The predicted molar refractivity (Wildman–Crippen MR) is 64.8 cm³/mol. The summed E-state index contributed by atoms with van der Waals surface area (Å²) in [5.41, 5.74) is 0.602. The van der Waals surface area contributed by atoms with Gasteiger partial charge in [-0.1, -0.05) is 12.5 Å². The number of carbonyl (C=O) groups is 1. The topological polar surface area (TPSA) is 40.5 Å². The first-order valence-electron chi connectivity index (χ1n) is 6.32. The summed E-state index contributed by atoms with van der Waals surface area (Å²) < 4.78 is 0. The molecule has 2 fully saturated rings. The SMILES string of the molecule is O=C(c1cccc(O)c1)N1CC2CCCC2C1. The highest BCUT2D eigenvalue weighted by atomic mass is 16.3. The number of carbonyl (C=O) groups excluding carboxylic acids is 1. The lowest BCUT2D eigenvalue weighted by Gasteiger charge is -2.17. The molecule has 1 N–H and O–H groups in total. The van der Waals surface area contributed by atoms with Gasteiger partial charge in [-0.25, -0.2) is 0 Å². The highest BCUT2D eigenvalue weighted by Gasteiger charge is 2.38. The third-order valence-electron chi connectivity index (χ3n) is 4.11. The lowest BCUT2D eigenvalue weighted by Crippen LogP contribution is -2.29. The molecule has 1 aliphatic carbocycles. The van der Waals surface area contributed by atoms with E-state index in [1.807, 2.05) is 4.90 Å². The first kappa shape index (κ1) is 10.6. The lowest BCUT2D eigenvalue weighted by molar-refractivity contribution is 0.0780. The van der Waals surface area contributed by atoms with E-state index in [9.17, 15) is 9.90 Å². The van der Waals surface area contributed by atoms with Crippen molar-refractivity contribution in [2.45, 2.75) is 19.3 Å². The molecule has 3 rings (SSSR count). The molecule has 17 heavy (non-hydrogen) atoms. The van der Waals surface area contributed by atoms with E-state index in [0.29, 0.717) is 5.56 Å². The molecule has 1 saturated heterocycles. The second-order valence-electron chi connectivity index (χ2n) is 5.21. The monoisotopic (exact) mass is 231 g/mol. The number of nitrogens with zero attached hydrogens (tertiary/aromatic N) is 1. The molecular weight excluding hydrogens is 214 g/mol. The Kier molecular flexibility index (Phi) is 2.54. The minimum absolute atomic E-state index is 0.0651. The van der Waals surface area contributed by atoms with Gasteiger partial charge in [0.2, 0.25) is 0 Å². The highest BCUT2D eigenvalue weighted by Crippen LogP contribution is 2.38. The zero-order chi connectivity index (χ0) is 11.8. The van der Waals surface area contributed by atoms with Crippen molar-refractivity contribution in [3.8, 4) is 5.75 Å². The van der Waals surface area contributed by atoms with Gasteiger partial charge in [0.05, 0.1) is 0 Å². The maximum atomic E-state index is 12.2. The minimum atomic E-state index is 0.0651. The van der Waals surface area contributed by atoms with Crippen LogP contribution in [-0.4, -0.2) is 29.0 Å². The highest BCUT2D eigenvalue weighted by molar-refractivity contribution is 5.94. The average Bonchev–Trinajstić information content (AvgIpc) is 2.88. The van der Waals surface area contributed by atoms with Crippen molar-refractivity contribution >= 4 is 5.91 Å². The Morgan fingerprint density at radius 1 is 1.24 bits per heavy atom. The molecule has 1 heterocycles. The quantitative estimate of drug-likeness (QED) is 0.805. The maximum absolute atomic E-state index is 12.2. The number of rotatable bonds is 1. The molecule has 90 valence electrons. The maximum Gasteiger partial charge on any atom is 0.254 e. The number of hydrogen-bond acceptors (Lipinski definition) is 2. The van der Waals surface area contributed by atoms with Gasteiger partial charge in [-0.05, 0) is 42.9 Å². The van der Waals surface area contributed by atoms with E-state index in [1.54, 1.807) is 24.3 Å². The first-order valence-corrected chi connectivity index (χ1v) is 6.32. The summed E-state index contributed by atoms with van der Waals surface area (Å²) >= 11 is 0. The number of aromatic hydroxyl groups is 1. The van der Waals surface area contributed by atoms with E-state index < -0.39 is 0 Å². The van der Waals surface area contributed by atoms with Crippen molar-refractivity contribution in [2.75, 3.05) is 13.1 Å². The van der Waals surface area contributed by atoms with E-state index in [-0.39, 0.29) is 11.7 Å². The van der Waals surface area contributed by atoms with Crippen molar-refractivity contribution in [1.29, 1.82) is 0 Å². The summed E-state index contributed by atoms with van der Waals surface area (Å²) in [6.07, 6.45) is 3.87. The lowest BCUT2D eigenvalue weighted by atomic mass is 10.0. The number of hydrogen-bond donors (Lipinski definition) is 1. The van der Waals surface area contributed by atoms with E-state index in [0.717, 1.165) is 24.9 Å². The van der Waals surface area contributed by atoms with Crippen molar-refractivity contribution < 1.29 is 9.90 Å². The van der Waals surface area contributed by atoms with Gasteiger partial charge in [0, 0.05) is 18.7 Å². The Morgan fingerprint density at radius 3 is 2.59 bits per heavy atom. The molecule has 1 aromatic carbocycles. The summed E-state index contributed by atoms with van der Waals surface area (Å²) in [6.45, 7) is 1.80. The Morgan fingerprint density at radius 2 is 1.94 bits per heavy atom. The van der Waals surface area contributed by atoms with Crippen molar-refractivity contribution in [3.05, 3.63) is 29.8 Å². The van der Waals surface area contributed by atoms with Crippen LogP contribution in [0.4, 0.5) is 0 Å². The fraction of sp³-hybridized carbons (Fsp3) is 0.500. The van der Waals surface area contributed by atoms with Crippen LogP contribution in [0.3, 0.4) is 0 Å². The molecule has 1 aliphatic heterocycles. The largest absolute Gasteiger partial charge is 0.508 e. The van der Waals surface area contributed by atoms with Crippen LogP contribution in [0.25, 0.3) is 0 Å². The molecule has 2 unspecified atom stereocenters. The van der Waals surface area contributed by atoms with Gasteiger partial charge in [0.1, 0.15) is 5.75 Å². The van der Waals surface area contributed by atoms with Crippen LogP contribution in [-0.2, 0) is 0 Å². The number of benzene rings is 1. The Hall–Kier alpha value is -1.51. The zero-order valence-electron chi connectivity index (χ0n) is 9.80. The number of phenolic OH excluding ortho intramolecular Hbond substituents is 1. The number of amides is 1. The molecule has 0 bridgehead atoms. The molecule has 0 spiro atoms. The van der Waals surface area contributed by atoms with E-state index in [4.69, 9.17) is 0 Å². The van der Waals surface area contributed by atoms with Gasteiger partial charge in [-0.15, -0.1) is 0 Å². The second-order valence-corrected chi connectivity index (χ2v) is 5.21. The van der Waals surface area contributed by atoms with E-state index in [2.05, 4.69) is 0 Å². The molecule has 1 saturated carbocycles. The standard InChI is InChI=1S/C14H17NO2/c16-13-6-2-3-10(7-13)14(17)15-8-11-4-1-5-12(11)9-15/h2-3,6-7,11-12,16H,1,4-5,8-9H2. The van der Waals surface area contributed by atoms with Crippen LogP contribution in [0, 0.1) is 11.8 Å². The van der Waals surface area contributed by atoms with Crippen molar-refractivity contribution in [1.82, 2.24) is 4.90 Å². The first-order chi connectivity index (χ1) is 8.24. The van der Waals surface area contributed by atoms with Crippen LogP contribution >= 0.6 is 0 Å². The predicted octanol–water partition coefficient (Wildman–Crippen LogP) is 2.26. The number of fused-ring (bicyclic) bond motifs is 1. The summed E-state index contributed by atoms with van der Waals surface area (Å²) in [5.74, 6) is 1.66. The number of phenols is 1. The fourth-order valence-electron chi connectivity index (χ4n) is 3.22. The van der Waals surface area contributed by atoms with Gasteiger partial charge < -0.3 is 10.0 Å². The normalized spacial score (nSPS) is 27.2. The van der Waals surface area contributed by atoms with Gasteiger partial charge in [-0.2, -0.15) is 0 Å². The molecule has 0 radical (unpaired) electrons. The van der Waals surface area contributed by atoms with Crippen LogP contribution in [0.5, 0.6) is 5.75 Å². The second kappa shape index (κ2) is 4.06. The molecule has 2 atom stereocenters. The Balaban J connectivity index is 1.75. The molecular formula is C14H17NO2. The summed E-state index contributed by atoms with van der Waals surface area (Å²) in [6, 6.07) is 6.64. The molecule has 3 heteroatoms. The van der Waals surface area contributed by atoms with Crippen LogP contribution in [0.2, 0.25) is 0 Å². The Labute approximate surface area is 101 Å². The van der Waals surface area contributed by atoms with Gasteiger partial charge in [0.15, 0.2) is 0 Å². The molecule has 1 aromatic rings. The van der Waals surface area contributed by atoms with Gasteiger partial charge >= 0.3 is 0 Å². The third-order valence-corrected chi connectivity index (χ3v) is 4.11. The van der Waals surface area contributed by atoms with Crippen molar-refractivity contribution in [2.24, 2.45) is 11.8 Å².